The van der Waals surface area contributed by atoms with Crippen molar-refractivity contribution in [3.63, 3.8) is 0 Å². The number of anilines is 3. The Kier molecular flexibility index (Phi) is 8.82. The molecular weight excluding hydrogens is 683 g/mol. The number of carbonyl (C=O) groups is 3. The first kappa shape index (κ1) is 34.1. The summed E-state index contributed by atoms with van der Waals surface area (Å²) < 4.78 is 0. The summed E-state index contributed by atoms with van der Waals surface area (Å²) in [6, 6.07) is 19.9. The minimum atomic E-state index is -0.977. The molecule has 4 aliphatic heterocycles. The lowest BCUT2D eigenvalue weighted by Gasteiger charge is -2.39. The highest BCUT2D eigenvalue weighted by molar-refractivity contribution is 6.05. The molecule has 3 saturated heterocycles. The van der Waals surface area contributed by atoms with E-state index in [4.69, 9.17) is 0 Å². The molecule has 3 amide bonds. The Hall–Kier alpha value is -5.66. The van der Waals surface area contributed by atoms with E-state index in [9.17, 15) is 19.5 Å². The number of imide groups is 1. The van der Waals surface area contributed by atoms with Crippen molar-refractivity contribution >= 4 is 46.2 Å². The number of piperidine rings is 3. The number of aliphatic hydroxyl groups is 1. The Labute approximate surface area is 312 Å². The van der Waals surface area contributed by atoms with Gasteiger partial charge in [0.2, 0.25) is 17.8 Å². The fraction of sp³-hybridized carbons (Fsp3) is 0.366. The first-order valence-electron chi connectivity index (χ1n) is 18.9. The first-order valence-corrected chi connectivity index (χ1v) is 18.9. The van der Waals surface area contributed by atoms with Gasteiger partial charge in [0.15, 0.2) is 0 Å². The quantitative estimate of drug-likeness (QED) is 0.165. The second kappa shape index (κ2) is 14.0. The molecule has 4 aliphatic rings. The lowest BCUT2D eigenvalue weighted by atomic mass is 9.83. The van der Waals surface area contributed by atoms with Crippen molar-refractivity contribution in [1.82, 2.24) is 35.1 Å². The molecule has 1 atom stereocenters. The number of aromatic amines is 1. The molecule has 2 aromatic carbocycles. The molecule has 13 heteroatoms. The van der Waals surface area contributed by atoms with Crippen molar-refractivity contribution in [3.8, 4) is 0 Å². The van der Waals surface area contributed by atoms with Crippen LogP contribution < -0.4 is 15.5 Å². The SMILES string of the molecule is O=C1CCC(N2Cc3cc(C4(O)CCN(Cc5ccc(N6CCC(c7ccc(Nc8ncc9cc[nH]c9n8)nc7)CC6)cc5)CC4)ccc3C2=O)C(=O)N1. The summed E-state index contributed by atoms with van der Waals surface area (Å²) in [7, 11) is 0. The van der Waals surface area contributed by atoms with Gasteiger partial charge in [0, 0.05) is 80.9 Å². The average Bonchev–Trinajstić information content (AvgIpc) is 3.80. The molecule has 276 valence electrons. The van der Waals surface area contributed by atoms with E-state index in [0.717, 1.165) is 73.5 Å². The van der Waals surface area contributed by atoms with E-state index in [2.05, 4.69) is 70.7 Å². The number of hydrogen-bond donors (Lipinski definition) is 4. The van der Waals surface area contributed by atoms with Gasteiger partial charge in [-0.1, -0.05) is 30.3 Å². The van der Waals surface area contributed by atoms with Gasteiger partial charge in [0.05, 0.1) is 5.60 Å². The number of fused-ring (bicyclic) bond motifs is 2. The zero-order chi connectivity index (χ0) is 36.8. The third-order valence-corrected chi connectivity index (χ3v) is 11.7. The van der Waals surface area contributed by atoms with Crippen LogP contribution in [-0.2, 0) is 28.3 Å². The van der Waals surface area contributed by atoms with Gasteiger partial charge in [0.25, 0.3) is 5.91 Å². The highest BCUT2D eigenvalue weighted by atomic mass is 16.3. The number of likely N-dealkylation sites (tertiary alicyclic amines) is 1. The third kappa shape index (κ3) is 6.69. The number of hydrogen-bond acceptors (Lipinski definition) is 10. The Morgan fingerprint density at radius 1 is 0.889 bits per heavy atom. The van der Waals surface area contributed by atoms with Gasteiger partial charge in [-0.05, 0) is 90.6 Å². The van der Waals surface area contributed by atoms with Gasteiger partial charge in [-0.15, -0.1) is 0 Å². The second-order valence-corrected chi connectivity index (χ2v) is 15.1. The molecule has 9 rings (SSSR count). The number of pyridine rings is 1. The molecule has 0 radical (unpaired) electrons. The number of aromatic nitrogens is 4. The van der Waals surface area contributed by atoms with Gasteiger partial charge in [0.1, 0.15) is 17.5 Å². The zero-order valence-corrected chi connectivity index (χ0v) is 30.0. The average molecular weight is 726 g/mol. The zero-order valence-electron chi connectivity index (χ0n) is 30.0. The van der Waals surface area contributed by atoms with E-state index in [0.29, 0.717) is 43.2 Å². The molecule has 0 saturated carbocycles. The second-order valence-electron chi connectivity index (χ2n) is 15.1. The topological polar surface area (TPSA) is 160 Å². The van der Waals surface area contributed by atoms with Crippen LogP contribution in [0.25, 0.3) is 11.0 Å². The van der Waals surface area contributed by atoms with Crippen molar-refractivity contribution in [1.29, 1.82) is 0 Å². The first-order chi connectivity index (χ1) is 26.3. The van der Waals surface area contributed by atoms with Crippen molar-refractivity contribution in [3.05, 3.63) is 107 Å². The van der Waals surface area contributed by atoms with Crippen LogP contribution in [0.5, 0.6) is 0 Å². The maximum atomic E-state index is 13.1. The molecule has 13 nitrogen and oxygen atoms in total. The molecule has 0 bridgehead atoms. The van der Waals surface area contributed by atoms with Crippen LogP contribution in [-0.4, -0.2) is 84.8 Å². The van der Waals surface area contributed by atoms with Gasteiger partial charge < -0.3 is 25.2 Å². The summed E-state index contributed by atoms with van der Waals surface area (Å²) in [5, 5.41) is 18.3. The highest BCUT2D eigenvalue weighted by Gasteiger charge is 2.41. The third-order valence-electron chi connectivity index (χ3n) is 11.7. The molecule has 3 fully saturated rings. The van der Waals surface area contributed by atoms with Crippen LogP contribution in [0, 0.1) is 0 Å². The van der Waals surface area contributed by atoms with E-state index in [1.165, 1.54) is 16.8 Å². The number of carbonyl (C=O) groups excluding carboxylic acids is 3. The van der Waals surface area contributed by atoms with Gasteiger partial charge in [-0.2, -0.15) is 4.98 Å². The maximum absolute atomic E-state index is 13.1. The van der Waals surface area contributed by atoms with E-state index >= 15 is 0 Å². The lowest BCUT2D eigenvalue weighted by molar-refractivity contribution is -0.136. The van der Waals surface area contributed by atoms with Crippen LogP contribution in [0.2, 0.25) is 0 Å². The monoisotopic (exact) mass is 725 g/mol. The molecule has 54 heavy (non-hydrogen) atoms. The molecule has 1 unspecified atom stereocenters. The summed E-state index contributed by atoms with van der Waals surface area (Å²) in [6.45, 7) is 4.62. The predicted octanol–water partition coefficient (Wildman–Crippen LogP) is 4.73. The highest BCUT2D eigenvalue weighted by Crippen LogP contribution is 2.37. The largest absolute Gasteiger partial charge is 0.385 e. The summed E-state index contributed by atoms with van der Waals surface area (Å²) in [6.07, 6.45) is 9.49. The molecule has 0 spiro atoms. The van der Waals surface area contributed by atoms with Crippen molar-refractivity contribution in [2.75, 3.05) is 36.4 Å². The van der Waals surface area contributed by atoms with Crippen LogP contribution in [0.1, 0.15) is 77.1 Å². The fourth-order valence-corrected chi connectivity index (χ4v) is 8.51. The number of nitrogens with zero attached hydrogens (tertiary/aromatic N) is 6. The number of rotatable bonds is 8. The van der Waals surface area contributed by atoms with Gasteiger partial charge >= 0.3 is 0 Å². The summed E-state index contributed by atoms with van der Waals surface area (Å²) in [5.74, 6) is 0.792. The standard InChI is InChI=1S/C41H43N9O4/c51-36-10-8-34(38(52)46-36)50-25-30-21-31(4-7-33(30)39(50)53)41(54)14-19-48(20-15-41)24-26-1-5-32(6-2-26)49-17-12-27(13-18-49)28-3-9-35(43-22-28)45-40-44-23-29-11-16-42-37(29)47-40/h1-7,9,11,16,21-23,27,34,54H,8,10,12-15,17-20,24-25H2,(H,46,51,52)(H2,42,43,44,45,47). The summed E-state index contributed by atoms with van der Waals surface area (Å²) in [4.78, 5) is 60.2. The Morgan fingerprint density at radius 3 is 2.46 bits per heavy atom. The lowest BCUT2D eigenvalue weighted by Crippen LogP contribution is -2.52. The van der Waals surface area contributed by atoms with Crippen LogP contribution in [0.3, 0.4) is 0 Å². The van der Waals surface area contributed by atoms with Crippen LogP contribution in [0.4, 0.5) is 17.5 Å². The molecule has 7 heterocycles. The molecule has 5 aromatic rings. The Morgan fingerprint density at radius 2 is 1.70 bits per heavy atom. The van der Waals surface area contributed by atoms with Crippen molar-refractivity contribution in [2.24, 2.45) is 0 Å². The molecule has 4 N–H and O–H groups in total. The van der Waals surface area contributed by atoms with E-state index < -0.39 is 17.6 Å². The normalized spacial score (nSPS) is 20.7. The predicted molar refractivity (Wildman–Crippen MR) is 203 cm³/mol. The van der Waals surface area contributed by atoms with Gasteiger partial charge in [-0.3, -0.25) is 24.6 Å². The number of amides is 3. The van der Waals surface area contributed by atoms with Gasteiger partial charge in [-0.25, -0.2) is 9.97 Å². The van der Waals surface area contributed by atoms with Crippen molar-refractivity contribution in [2.45, 2.75) is 69.2 Å². The van der Waals surface area contributed by atoms with Crippen LogP contribution >= 0.6 is 0 Å². The van der Waals surface area contributed by atoms with Crippen LogP contribution in [0.15, 0.2) is 79.3 Å². The number of benzene rings is 2. The van der Waals surface area contributed by atoms with E-state index in [1.54, 1.807) is 17.2 Å². The minimum absolute atomic E-state index is 0.199. The smallest absolute Gasteiger partial charge is 0.255 e. The molecular formula is C41H43N9O4. The summed E-state index contributed by atoms with van der Waals surface area (Å²) >= 11 is 0. The Balaban J connectivity index is 0.748. The van der Waals surface area contributed by atoms with E-state index in [-0.39, 0.29) is 18.2 Å². The minimum Gasteiger partial charge on any atom is -0.385 e. The van der Waals surface area contributed by atoms with Crippen molar-refractivity contribution < 1.29 is 19.5 Å². The number of H-pyrrole nitrogens is 1. The summed E-state index contributed by atoms with van der Waals surface area (Å²) in [5.41, 5.74) is 5.76. The number of nitrogens with one attached hydrogen (secondary N) is 3. The maximum Gasteiger partial charge on any atom is 0.255 e. The molecule has 3 aromatic heterocycles. The fourth-order valence-electron chi connectivity index (χ4n) is 8.51. The molecule has 0 aliphatic carbocycles. The Bertz CT molecular complexity index is 2200. The van der Waals surface area contributed by atoms with E-state index in [1.807, 2.05) is 36.7 Å².